The zero-order valence-corrected chi connectivity index (χ0v) is 17.0. The van der Waals surface area contributed by atoms with Crippen molar-refractivity contribution in [1.29, 1.82) is 0 Å². The summed E-state index contributed by atoms with van der Waals surface area (Å²) in [5.41, 5.74) is 0.622. The minimum absolute atomic E-state index is 0.0759. The van der Waals surface area contributed by atoms with Crippen LogP contribution in [-0.4, -0.2) is 83.5 Å². The van der Waals surface area contributed by atoms with E-state index in [1.807, 2.05) is 0 Å². The molecule has 3 atom stereocenters. The predicted molar refractivity (Wildman–Crippen MR) is 100 cm³/mol. The number of ether oxygens (including phenoxy) is 1. The van der Waals surface area contributed by atoms with Gasteiger partial charge in [0.2, 0.25) is 0 Å². The molecule has 1 fully saturated rings. The van der Waals surface area contributed by atoms with Crippen LogP contribution in [0.3, 0.4) is 0 Å². The van der Waals surface area contributed by atoms with Crippen LogP contribution in [0.5, 0.6) is 5.75 Å². The molecule has 1 aromatic carbocycles. The van der Waals surface area contributed by atoms with Gasteiger partial charge in [0.25, 0.3) is 10.2 Å². The summed E-state index contributed by atoms with van der Waals surface area (Å²) in [6.45, 7) is 1.47. The predicted octanol–water partition coefficient (Wildman–Crippen LogP) is 0.898. The zero-order chi connectivity index (χ0) is 21.2. The first kappa shape index (κ1) is 21.9. The molecule has 156 valence electrons. The van der Waals surface area contributed by atoms with E-state index in [-0.39, 0.29) is 13.0 Å². The van der Waals surface area contributed by atoms with Gasteiger partial charge in [-0.1, -0.05) is 12.1 Å². The molecule has 0 bridgehead atoms. The second kappa shape index (κ2) is 8.33. The van der Waals surface area contributed by atoms with Gasteiger partial charge in [-0.25, -0.2) is 9.59 Å². The molecule has 0 aromatic heterocycles. The Kier molecular flexibility index (Phi) is 6.52. The van der Waals surface area contributed by atoms with Crippen molar-refractivity contribution in [3.05, 3.63) is 29.8 Å². The average molecular weight is 415 g/mol. The lowest BCUT2D eigenvalue weighted by atomic mass is 10.1. The van der Waals surface area contributed by atoms with Crippen LogP contribution in [0.15, 0.2) is 24.3 Å². The fourth-order valence-electron chi connectivity index (χ4n) is 3.41. The normalized spacial score (nSPS) is 22.6. The summed E-state index contributed by atoms with van der Waals surface area (Å²) in [7, 11) is 0.180. The Morgan fingerprint density at radius 2 is 1.79 bits per heavy atom. The number of rotatable bonds is 7. The van der Waals surface area contributed by atoms with Crippen molar-refractivity contribution < 1.29 is 33.0 Å². The lowest BCUT2D eigenvalue weighted by Gasteiger charge is -2.33. The number of amides is 1. The third-order valence-electron chi connectivity index (χ3n) is 4.82. The van der Waals surface area contributed by atoms with Gasteiger partial charge in [-0.3, -0.25) is 4.90 Å². The van der Waals surface area contributed by atoms with E-state index in [4.69, 9.17) is 4.74 Å². The second-order valence-corrected chi connectivity index (χ2v) is 8.90. The maximum Gasteiger partial charge on any atom is 0.408 e. The molecule has 2 rings (SSSR count). The topological polar surface area (TPSA) is 128 Å². The molecular formula is C17H25N3O7S. The van der Waals surface area contributed by atoms with Crippen molar-refractivity contribution in [2.75, 3.05) is 21.2 Å². The number of likely N-dealkylation sites (tertiary alicyclic amines) is 1. The summed E-state index contributed by atoms with van der Waals surface area (Å²) < 4.78 is 33.1. The van der Waals surface area contributed by atoms with Crippen LogP contribution in [0.25, 0.3) is 0 Å². The van der Waals surface area contributed by atoms with E-state index < -0.39 is 40.4 Å². The van der Waals surface area contributed by atoms with Crippen molar-refractivity contribution in [2.24, 2.45) is 0 Å². The van der Waals surface area contributed by atoms with Gasteiger partial charge in [-0.2, -0.15) is 17.0 Å². The summed E-state index contributed by atoms with van der Waals surface area (Å²) in [5.74, 6) is -0.786. The molecule has 1 aliphatic rings. The lowest BCUT2D eigenvalue weighted by molar-refractivity contribution is -0.143. The molecule has 28 heavy (non-hydrogen) atoms. The summed E-state index contributed by atoms with van der Waals surface area (Å²) in [6.07, 6.45) is -1.32. The molecule has 1 amide bonds. The monoisotopic (exact) mass is 415 g/mol. The van der Waals surface area contributed by atoms with Crippen LogP contribution >= 0.6 is 0 Å². The minimum atomic E-state index is -4.02. The maximum absolute atomic E-state index is 13.0. The highest BCUT2D eigenvalue weighted by molar-refractivity contribution is 7.86. The Bertz CT molecular complexity index is 826. The number of carboxylic acid groups (broad SMARTS) is 2. The molecule has 2 N–H and O–H groups in total. The van der Waals surface area contributed by atoms with Crippen molar-refractivity contribution in [2.45, 2.75) is 38.0 Å². The Labute approximate surface area is 164 Å². The standard InChI is InChI=1S/C17H25N3O7S/c1-11-9-14(15(16(21)22)20(11)17(23)24)19(28(25,26)18(2)3)10-12-5-7-13(27-4)8-6-12/h5-8,11,14-15H,9-10H2,1-4H3,(H,21,22)(H,23,24)/t11-,14+,15-/m1/s1. The van der Waals surface area contributed by atoms with E-state index in [1.165, 1.54) is 21.2 Å². The zero-order valence-electron chi connectivity index (χ0n) is 16.1. The molecule has 1 saturated heterocycles. The third-order valence-corrected chi connectivity index (χ3v) is 6.74. The molecule has 0 spiro atoms. The Balaban J connectivity index is 2.48. The molecule has 1 heterocycles. The van der Waals surface area contributed by atoms with Gasteiger partial charge in [0, 0.05) is 26.7 Å². The highest BCUT2D eigenvalue weighted by atomic mass is 32.2. The molecule has 0 radical (unpaired) electrons. The molecular weight excluding hydrogens is 390 g/mol. The van der Waals surface area contributed by atoms with Gasteiger partial charge in [-0.15, -0.1) is 0 Å². The SMILES string of the molecule is COc1ccc(CN([C@H]2C[C@@H](C)N(C(=O)O)[C@H]2C(=O)O)S(=O)(=O)N(C)C)cc1. The average Bonchev–Trinajstić information content (AvgIpc) is 2.97. The number of hydrogen-bond acceptors (Lipinski definition) is 5. The van der Waals surface area contributed by atoms with Crippen molar-refractivity contribution >= 4 is 22.3 Å². The summed E-state index contributed by atoms with van der Waals surface area (Å²) in [5, 5.41) is 19.1. The van der Waals surface area contributed by atoms with E-state index in [1.54, 1.807) is 31.2 Å². The van der Waals surface area contributed by atoms with Crippen molar-refractivity contribution in [1.82, 2.24) is 13.5 Å². The summed E-state index contributed by atoms with van der Waals surface area (Å²) in [4.78, 5) is 24.2. The molecule has 1 aliphatic heterocycles. The molecule has 0 unspecified atom stereocenters. The van der Waals surface area contributed by atoms with Gasteiger partial charge in [0.1, 0.15) is 11.8 Å². The molecule has 11 heteroatoms. The van der Waals surface area contributed by atoms with Crippen LogP contribution in [-0.2, 0) is 21.5 Å². The van der Waals surface area contributed by atoms with E-state index in [2.05, 4.69) is 0 Å². The molecule has 10 nitrogen and oxygen atoms in total. The first-order valence-electron chi connectivity index (χ1n) is 8.57. The third kappa shape index (κ3) is 4.21. The first-order valence-corrected chi connectivity index (χ1v) is 9.96. The molecule has 0 aliphatic carbocycles. The largest absolute Gasteiger partial charge is 0.497 e. The van der Waals surface area contributed by atoms with Crippen LogP contribution in [0.4, 0.5) is 4.79 Å². The van der Waals surface area contributed by atoms with Crippen molar-refractivity contribution in [3.8, 4) is 5.75 Å². The highest BCUT2D eigenvalue weighted by Gasteiger charge is 2.51. The second-order valence-electron chi connectivity index (χ2n) is 6.81. The number of nitrogens with zero attached hydrogens (tertiary/aromatic N) is 3. The van der Waals surface area contributed by atoms with Crippen LogP contribution in [0.1, 0.15) is 18.9 Å². The van der Waals surface area contributed by atoms with E-state index in [9.17, 15) is 28.2 Å². The number of hydrogen-bond donors (Lipinski definition) is 2. The Morgan fingerprint density at radius 3 is 2.21 bits per heavy atom. The van der Waals surface area contributed by atoms with E-state index >= 15 is 0 Å². The van der Waals surface area contributed by atoms with Gasteiger partial charge >= 0.3 is 12.1 Å². The number of carbonyl (C=O) groups is 2. The van der Waals surface area contributed by atoms with Gasteiger partial charge in [-0.05, 0) is 31.0 Å². The Morgan fingerprint density at radius 1 is 1.21 bits per heavy atom. The smallest absolute Gasteiger partial charge is 0.408 e. The summed E-state index contributed by atoms with van der Waals surface area (Å²) in [6, 6.07) is 3.52. The number of methoxy groups -OCH3 is 1. The van der Waals surface area contributed by atoms with E-state index in [0.717, 1.165) is 13.5 Å². The fourth-order valence-corrected chi connectivity index (χ4v) is 4.68. The summed E-state index contributed by atoms with van der Waals surface area (Å²) >= 11 is 0. The molecule has 1 aromatic rings. The molecule has 0 saturated carbocycles. The fraction of sp³-hybridized carbons (Fsp3) is 0.529. The number of benzene rings is 1. The number of carboxylic acids is 1. The lowest BCUT2D eigenvalue weighted by Crippen LogP contribution is -2.54. The van der Waals surface area contributed by atoms with Gasteiger partial charge in [0.15, 0.2) is 0 Å². The Hall–Kier alpha value is -2.37. The van der Waals surface area contributed by atoms with Gasteiger partial charge < -0.3 is 14.9 Å². The van der Waals surface area contributed by atoms with Crippen LogP contribution in [0, 0.1) is 0 Å². The first-order chi connectivity index (χ1) is 13.0. The highest BCUT2D eigenvalue weighted by Crippen LogP contribution is 2.32. The quantitative estimate of drug-likeness (QED) is 0.677. The van der Waals surface area contributed by atoms with Crippen LogP contribution < -0.4 is 4.74 Å². The van der Waals surface area contributed by atoms with Gasteiger partial charge in [0.05, 0.1) is 13.2 Å². The van der Waals surface area contributed by atoms with Crippen molar-refractivity contribution in [3.63, 3.8) is 0 Å². The maximum atomic E-state index is 13.0. The van der Waals surface area contributed by atoms with E-state index in [0.29, 0.717) is 11.3 Å². The van der Waals surface area contributed by atoms with Crippen LogP contribution in [0.2, 0.25) is 0 Å². The number of aliphatic carboxylic acids is 1. The minimum Gasteiger partial charge on any atom is -0.497 e.